The lowest BCUT2D eigenvalue weighted by Gasteiger charge is -2.28. The topological polar surface area (TPSA) is 57.8 Å². The number of thiophene rings is 1. The monoisotopic (exact) mass is 305 g/mol. The molecule has 0 amide bonds. The summed E-state index contributed by atoms with van der Waals surface area (Å²) in [5, 5.41) is 4.29. The molecule has 0 fully saturated rings. The summed E-state index contributed by atoms with van der Waals surface area (Å²) in [7, 11) is 0. The quantitative estimate of drug-likeness (QED) is 0.916. The highest BCUT2D eigenvalue weighted by Gasteiger charge is 2.22. The van der Waals surface area contributed by atoms with Crippen LogP contribution in [0.15, 0.2) is 4.79 Å². The minimum Gasteiger partial charge on any atom is -0.309 e. The standard InChI is InChI=1S/C16H23N3OS/c1-9(16(2,3)4)17-8-12-18-14(20)13-10-6-5-7-11(10)21-15(13)19-12/h9,17H,5-8H2,1-4H3,(H,18,19,20). The fraction of sp³-hybridized carbons (Fsp3) is 0.625. The van der Waals surface area contributed by atoms with Gasteiger partial charge in [-0.25, -0.2) is 4.98 Å². The average molecular weight is 305 g/mol. The van der Waals surface area contributed by atoms with Crippen LogP contribution in [0.2, 0.25) is 0 Å². The van der Waals surface area contributed by atoms with Crippen LogP contribution in [-0.4, -0.2) is 16.0 Å². The molecule has 1 unspecified atom stereocenters. The van der Waals surface area contributed by atoms with Crippen LogP contribution >= 0.6 is 11.3 Å². The van der Waals surface area contributed by atoms with Crippen molar-refractivity contribution in [3.05, 3.63) is 26.6 Å². The zero-order valence-corrected chi connectivity index (χ0v) is 14.0. The van der Waals surface area contributed by atoms with Gasteiger partial charge < -0.3 is 10.3 Å². The Morgan fingerprint density at radius 3 is 2.86 bits per heavy atom. The third kappa shape index (κ3) is 2.77. The van der Waals surface area contributed by atoms with Crippen molar-refractivity contribution in [1.82, 2.24) is 15.3 Å². The van der Waals surface area contributed by atoms with Crippen molar-refractivity contribution in [2.45, 2.75) is 59.5 Å². The van der Waals surface area contributed by atoms with Crippen LogP contribution in [0.3, 0.4) is 0 Å². The van der Waals surface area contributed by atoms with Gasteiger partial charge in [0, 0.05) is 10.9 Å². The van der Waals surface area contributed by atoms with Gasteiger partial charge in [-0.3, -0.25) is 4.79 Å². The van der Waals surface area contributed by atoms with E-state index in [9.17, 15) is 4.79 Å². The lowest BCUT2D eigenvalue weighted by atomic mass is 9.88. The third-order valence-electron chi connectivity index (χ3n) is 4.50. The maximum absolute atomic E-state index is 12.3. The van der Waals surface area contributed by atoms with Crippen molar-refractivity contribution in [2.24, 2.45) is 5.41 Å². The SMILES string of the molecule is CC(NCc1nc2sc3c(c2c(=O)[nH]1)CCC3)C(C)(C)C. The van der Waals surface area contributed by atoms with Crippen molar-refractivity contribution >= 4 is 21.6 Å². The highest BCUT2D eigenvalue weighted by atomic mass is 32.1. The second-order valence-electron chi connectivity index (χ2n) is 7.02. The Morgan fingerprint density at radius 2 is 2.14 bits per heavy atom. The maximum atomic E-state index is 12.3. The summed E-state index contributed by atoms with van der Waals surface area (Å²) in [5.41, 5.74) is 1.46. The Hall–Kier alpha value is -1.20. The van der Waals surface area contributed by atoms with Crippen molar-refractivity contribution in [3.8, 4) is 0 Å². The Kier molecular flexibility index (Phi) is 3.66. The molecular formula is C16H23N3OS. The summed E-state index contributed by atoms with van der Waals surface area (Å²) in [5.74, 6) is 0.739. The van der Waals surface area contributed by atoms with Crippen LogP contribution < -0.4 is 10.9 Å². The molecule has 1 atom stereocenters. The molecular weight excluding hydrogens is 282 g/mol. The van der Waals surface area contributed by atoms with Crippen molar-refractivity contribution in [1.29, 1.82) is 0 Å². The normalized spacial score (nSPS) is 16.4. The van der Waals surface area contributed by atoms with E-state index >= 15 is 0 Å². The van der Waals surface area contributed by atoms with Gasteiger partial charge in [0.05, 0.1) is 11.9 Å². The smallest absolute Gasteiger partial charge is 0.259 e. The zero-order chi connectivity index (χ0) is 15.2. The van der Waals surface area contributed by atoms with Gasteiger partial charge in [-0.2, -0.15) is 0 Å². The number of nitrogens with zero attached hydrogens (tertiary/aromatic N) is 1. The van der Waals surface area contributed by atoms with Crippen LogP contribution in [-0.2, 0) is 19.4 Å². The lowest BCUT2D eigenvalue weighted by Crippen LogP contribution is -2.37. The molecule has 21 heavy (non-hydrogen) atoms. The van der Waals surface area contributed by atoms with Gasteiger partial charge in [0.1, 0.15) is 10.7 Å². The van der Waals surface area contributed by atoms with Gasteiger partial charge in [-0.05, 0) is 37.2 Å². The van der Waals surface area contributed by atoms with Gasteiger partial charge in [0.2, 0.25) is 0 Å². The number of fused-ring (bicyclic) bond motifs is 3. The molecule has 2 aromatic rings. The Bertz CT molecular complexity index is 723. The largest absolute Gasteiger partial charge is 0.309 e. The second-order valence-corrected chi connectivity index (χ2v) is 8.10. The van der Waals surface area contributed by atoms with Gasteiger partial charge in [0.25, 0.3) is 5.56 Å². The first-order valence-corrected chi connectivity index (χ1v) is 8.44. The average Bonchev–Trinajstić information content (AvgIpc) is 2.94. The number of hydrogen-bond donors (Lipinski definition) is 2. The Labute approximate surface area is 129 Å². The third-order valence-corrected chi connectivity index (χ3v) is 5.68. The first-order valence-electron chi connectivity index (χ1n) is 7.63. The minimum atomic E-state index is 0.0274. The highest BCUT2D eigenvalue weighted by Crippen LogP contribution is 2.34. The van der Waals surface area contributed by atoms with E-state index in [1.54, 1.807) is 11.3 Å². The fourth-order valence-electron chi connectivity index (χ4n) is 2.69. The van der Waals surface area contributed by atoms with Crippen LogP contribution in [0.1, 0.15) is 50.4 Å². The predicted octanol–water partition coefficient (Wildman–Crippen LogP) is 3.00. The van der Waals surface area contributed by atoms with Gasteiger partial charge in [-0.15, -0.1) is 11.3 Å². The van der Waals surface area contributed by atoms with Crippen molar-refractivity contribution < 1.29 is 0 Å². The van der Waals surface area contributed by atoms with Gasteiger partial charge in [-0.1, -0.05) is 20.8 Å². The Balaban J connectivity index is 1.87. The number of aromatic amines is 1. The number of nitrogens with one attached hydrogen (secondary N) is 2. The molecule has 2 heterocycles. The van der Waals surface area contributed by atoms with E-state index in [-0.39, 0.29) is 11.0 Å². The summed E-state index contributed by atoms with van der Waals surface area (Å²) in [6, 6.07) is 0.354. The number of aryl methyl sites for hydroxylation is 2. The maximum Gasteiger partial charge on any atom is 0.259 e. The van der Waals surface area contributed by atoms with E-state index in [0.717, 1.165) is 28.9 Å². The molecule has 1 aliphatic rings. The lowest BCUT2D eigenvalue weighted by molar-refractivity contribution is 0.283. The molecule has 0 bridgehead atoms. The number of H-pyrrole nitrogens is 1. The highest BCUT2D eigenvalue weighted by molar-refractivity contribution is 7.18. The van der Waals surface area contributed by atoms with E-state index in [2.05, 4.69) is 43.0 Å². The van der Waals surface area contributed by atoms with E-state index < -0.39 is 0 Å². The van der Waals surface area contributed by atoms with Crippen molar-refractivity contribution in [3.63, 3.8) is 0 Å². The van der Waals surface area contributed by atoms with Crippen LogP contribution in [0, 0.1) is 5.41 Å². The fourth-order valence-corrected chi connectivity index (χ4v) is 3.97. The summed E-state index contributed by atoms with van der Waals surface area (Å²) in [4.78, 5) is 22.2. The Morgan fingerprint density at radius 1 is 1.38 bits per heavy atom. The number of hydrogen-bond acceptors (Lipinski definition) is 4. The first-order chi connectivity index (χ1) is 9.86. The van der Waals surface area contributed by atoms with E-state index in [1.807, 2.05) is 0 Å². The van der Waals surface area contributed by atoms with E-state index in [4.69, 9.17) is 0 Å². The molecule has 0 saturated carbocycles. The molecule has 114 valence electrons. The molecule has 1 aliphatic carbocycles. The molecule has 0 radical (unpaired) electrons. The molecule has 3 rings (SSSR count). The number of rotatable bonds is 3. The van der Waals surface area contributed by atoms with Crippen LogP contribution in [0.4, 0.5) is 0 Å². The molecule has 2 N–H and O–H groups in total. The summed E-state index contributed by atoms with van der Waals surface area (Å²) >= 11 is 1.70. The van der Waals surface area contributed by atoms with Gasteiger partial charge >= 0.3 is 0 Å². The minimum absolute atomic E-state index is 0.0274. The second kappa shape index (κ2) is 5.21. The van der Waals surface area contributed by atoms with Crippen LogP contribution in [0.25, 0.3) is 10.2 Å². The van der Waals surface area contributed by atoms with Gasteiger partial charge in [0.15, 0.2) is 0 Å². The molecule has 0 spiro atoms. The molecule has 4 nitrogen and oxygen atoms in total. The molecule has 0 aliphatic heterocycles. The van der Waals surface area contributed by atoms with E-state index in [1.165, 1.54) is 16.9 Å². The van der Waals surface area contributed by atoms with Crippen molar-refractivity contribution in [2.75, 3.05) is 0 Å². The molecule has 2 aromatic heterocycles. The predicted molar refractivity (Wildman–Crippen MR) is 88.0 cm³/mol. The van der Waals surface area contributed by atoms with E-state index in [0.29, 0.717) is 12.6 Å². The molecule has 0 saturated heterocycles. The number of aromatic nitrogens is 2. The summed E-state index contributed by atoms with van der Waals surface area (Å²) in [6.07, 6.45) is 3.30. The molecule has 0 aromatic carbocycles. The zero-order valence-electron chi connectivity index (χ0n) is 13.2. The summed E-state index contributed by atoms with van der Waals surface area (Å²) in [6.45, 7) is 9.37. The van der Waals surface area contributed by atoms with Crippen LogP contribution in [0.5, 0.6) is 0 Å². The molecule has 5 heteroatoms. The summed E-state index contributed by atoms with van der Waals surface area (Å²) < 4.78 is 0. The first kappa shape index (κ1) is 14.7.